The molecule has 1 aliphatic carbocycles. The summed E-state index contributed by atoms with van der Waals surface area (Å²) in [6.45, 7) is 12.2. The second kappa shape index (κ2) is 10.0. The van der Waals surface area contributed by atoms with Gasteiger partial charge in [-0.05, 0) is 69.6 Å². The maximum Gasteiger partial charge on any atom is 0.411 e. The topological polar surface area (TPSA) is 86.5 Å². The zero-order valence-electron chi connectivity index (χ0n) is 19.4. The van der Waals surface area contributed by atoms with Gasteiger partial charge >= 0.3 is 6.09 Å². The van der Waals surface area contributed by atoms with Crippen molar-refractivity contribution in [2.75, 3.05) is 36.5 Å². The molecule has 1 saturated carbocycles. The Morgan fingerprint density at radius 3 is 2.79 bits per heavy atom. The first kappa shape index (κ1) is 23.4. The number of benzene rings is 1. The monoisotopic (exact) mass is 454 g/mol. The van der Waals surface area contributed by atoms with Crippen molar-refractivity contribution < 1.29 is 19.4 Å². The van der Waals surface area contributed by atoms with E-state index in [0.717, 1.165) is 70.1 Å². The third kappa shape index (κ3) is 4.93. The molecule has 2 saturated heterocycles. The fourth-order valence-corrected chi connectivity index (χ4v) is 5.59. The van der Waals surface area contributed by atoms with Crippen molar-refractivity contribution >= 4 is 29.1 Å². The maximum atomic E-state index is 13.6. The lowest BCUT2D eigenvalue weighted by atomic mass is 9.78. The average Bonchev–Trinajstić information content (AvgIpc) is 3.13. The van der Waals surface area contributed by atoms with Gasteiger partial charge in [0.2, 0.25) is 11.6 Å². The van der Waals surface area contributed by atoms with Crippen LogP contribution in [0.4, 0.5) is 21.9 Å². The molecule has 1 aromatic rings. The molecule has 1 spiro atoms. The van der Waals surface area contributed by atoms with E-state index in [9.17, 15) is 14.7 Å². The summed E-state index contributed by atoms with van der Waals surface area (Å²) in [4.78, 5) is 33.4. The summed E-state index contributed by atoms with van der Waals surface area (Å²) >= 11 is 0. The summed E-state index contributed by atoms with van der Waals surface area (Å²) < 4.78 is 5.06. The van der Waals surface area contributed by atoms with E-state index in [1.165, 1.54) is 0 Å². The van der Waals surface area contributed by atoms with E-state index < -0.39 is 11.5 Å². The maximum absolute atomic E-state index is 13.6. The molecule has 2 aliphatic heterocycles. The molecule has 0 aromatic heterocycles. The minimum atomic E-state index is -0.524. The number of amides is 2. The van der Waals surface area contributed by atoms with E-state index in [0.29, 0.717) is 24.5 Å². The number of nitrogens with zero attached hydrogens (tertiary/aromatic N) is 3. The van der Waals surface area contributed by atoms with Crippen LogP contribution in [-0.2, 0) is 9.53 Å². The van der Waals surface area contributed by atoms with E-state index in [1.54, 1.807) is 12.1 Å². The summed E-state index contributed by atoms with van der Waals surface area (Å²) in [5, 5.41) is 12.5. The van der Waals surface area contributed by atoms with Crippen LogP contribution in [-0.4, -0.2) is 60.4 Å². The highest BCUT2D eigenvalue weighted by atomic mass is 16.5. The quantitative estimate of drug-likeness (QED) is 0.647. The van der Waals surface area contributed by atoms with Gasteiger partial charge in [-0.15, -0.1) is 0 Å². The first-order chi connectivity index (χ1) is 16.0. The van der Waals surface area contributed by atoms with Gasteiger partial charge in [0.1, 0.15) is 0 Å². The molecule has 0 bridgehead atoms. The molecule has 2 N–H and O–H groups in total. The third-order valence-electron chi connectivity index (χ3n) is 7.35. The molecule has 1 aromatic carbocycles. The molecule has 3 aliphatic rings. The number of hydrogen-bond acceptors (Lipinski definition) is 5. The van der Waals surface area contributed by atoms with Crippen LogP contribution >= 0.6 is 0 Å². The number of aliphatic hydroxyl groups excluding tert-OH is 1. The number of likely N-dealkylation sites (tertiary alicyclic amines) is 1. The Morgan fingerprint density at radius 2 is 2.06 bits per heavy atom. The highest BCUT2D eigenvalue weighted by Gasteiger charge is 2.50. The van der Waals surface area contributed by atoms with Crippen molar-refractivity contribution in [3.8, 4) is 0 Å². The van der Waals surface area contributed by atoms with Gasteiger partial charge in [0.25, 0.3) is 0 Å². The number of hydrogen-bond donors (Lipinski definition) is 2. The van der Waals surface area contributed by atoms with Crippen LogP contribution in [0.2, 0.25) is 0 Å². The molecule has 0 radical (unpaired) electrons. The van der Waals surface area contributed by atoms with E-state index in [4.69, 9.17) is 11.3 Å². The van der Waals surface area contributed by atoms with Gasteiger partial charge in [-0.3, -0.25) is 10.1 Å². The van der Waals surface area contributed by atoms with E-state index in [-0.39, 0.29) is 18.1 Å². The van der Waals surface area contributed by atoms with Gasteiger partial charge in [0, 0.05) is 37.1 Å². The molecule has 3 fully saturated rings. The summed E-state index contributed by atoms with van der Waals surface area (Å²) in [7, 11) is 0. The minimum Gasteiger partial charge on any atom is -0.449 e. The van der Waals surface area contributed by atoms with E-state index in [2.05, 4.69) is 20.0 Å². The summed E-state index contributed by atoms with van der Waals surface area (Å²) in [5.74, 6) is 0.245. The van der Waals surface area contributed by atoms with E-state index >= 15 is 0 Å². The lowest BCUT2D eigenvalue weighted by molar-refractivity contribution is -0.139. The number of carbonyl (C=O) groups excluding carboxylic acids is 2. The van der Waals surface area contributed by atoms with Crippen LogP contribution in [0.5, 0.6) is 0 Å². The Bertz CT molecular complexity index is 921. The first-order valence-electron chi connectivity index (χ1n) is 12.1. The number of rotatable bonds is 5. The fourth-order valence-electron chi connectivity index (χ4n) is 5.59. The summed E-state index contributed by atoms with van der Waals surface area (Å²) in [6, 6.07) is 5.57. The number of piperidine rings is 1. The predicted molar refractivity (Wildman–Crippen MR) is 126 cm³/mol. The molecule has 0 unspecified atom stereocenters. The normalized spacial score (nSPS) is 27.5. The zero-order valence-corrected chi connectivity index (χ0v) is 19.4. The van der Waals surface area contributed by atoms with Crippen LogP contribution in [0.1, 0.15) is 58.3 Å². The standard InChI is InChI=1S/C25H34N4O4/c1-3-15-33-24(32)27-18-5-10-22(21(16-18)26-2)28-13-4-11-25(17-28)12-14-29(23(25)31)19-6-8-20(30)9-7-19/h5,10,16,19-20,30H,3-4,6-9,11-15,17H2,1H3,(H,27,32)/t19?,20?,25-/m0/s1. The Balaban J connectivity index is 1.46. The summed E-state index contributed by atoms with van der Waals surface area (Å²) in [6.07, 6.45) is 5.93. The smallest absolute Gasteiger partial charge is 0.411 e. The fraction of sp³-hybridized carbons (Fsp3) is 0.640. The minimum absolute atomic E-state index is 0.226. The van der Waals surface area contributed by atoms with Gasteiger partial charge in [-0.2, -0.15) is 0 Å². The summed E-state index contributed by atoms with van der Waals surface area (Å²) in [5.41, 5.74) is 1.40. The molecule has 8 nitrogen and oxygen atoms in total. The van der Waals surface area contributed by atoms with Crippen LogP contribution in [0, 0.1) is 12.0 Å². The third-order valence-corrected chi connectivity index (χ3v) is 7.35. The second-order valence-electron chi connectivity index (χ2n) is 9.59. The predicted octanol–water partition coefficient (Wildman–Crippen LogP) is 4.32. The molecule has 1 atom stereocenters. The van der Waals surface area contributed by atoms with Crippen LogP contribution in [0.3, 0.4) is 0 Å². The molecular formula is C25H34N4O4. The lowest BCUT2D eigenvalue weighted by Crippen LogP contribution is -2.50. The van der Waals surface area contributed by atoms with Crippen molar-refractivity contribution in [2.24, 2.45) is 5.41 Å². The van der Waals surface area contributed by atoms with Crippen molar-refractivity contribution in [1.82, 2.24) is 4.90 Å². The SMILES string of the molecule is [C-]#[N+]c1cc(NC(=O)OCCC)ccc1N1CCC[C@]2(CCN(C3CCC(O)CC3)C2=O)C1. The number of aliphatic hydroxyl groups is 1. The van der Waals surface area contributed by atoms with Gasteiger partial charge in [0.15, 0.2) is 0 Å². The first-order valence-corrected chi connectivity index (χ1v) is 12.1. The number of ether oxygens (including phenoxy) is 1. The van der Waals surface area contributed by atoms with Gasteiger partial charge in [-0.25, -0.2) is 9.64 Å². The molecule has 178 valence electrons. The van der Waals surface area contributed by atoms with Crippen molar-refractivity contribution in [2.45, 2.75) is 70.4 Å². The molecular weight excluding hydrogens is 420 g/mol. The van der Waals surface area contributed by atoms with Crippen molar-refractivity contribution in [1.29, 1.82) is 0 Å². The average molecular weight is 455 g/mol. The number of anilines is 2. The largest absolute Gasteiger partial charge is 0.449 e. The van der Waals surface area contributed by atoms with Crippen LogP contribution < -0.4 is 10.2 Å². The molecule has 2 amide bonds. The molecule has 4 rings (SSSR count). The Hall–Kier alpha value is -2.79. The number of nitrogens with one attached hydrogen (secondary N) is 1. The Morgan fingerprint density at radius 1 is 1.27 bits per heavy atom. The Labute approximate surface area is 195 Å². The highest BCUT2D eigenvalue weighted by molar-refractivity contribution is 5.89. The lowest BCUT2D eigenvalue weighted by Gasteiger charge is -2.42. The molecule has 33 heavy (non-hydrogen) atoms. The molecule has 8 heteroatoms. The van der Waals surface area contributed by atoms with Crippen LogP contribution in [0.25, 0.3) is 4.85 Å². The Kier molecular flexibility index (Phi) is 7.08. The second-order valence-corrected chi connectivity index (χ2v) is 9.59. The highest BCUT2D eigenvalue weighted by Crippen LogP contribution is 2.45. The van der Waals surface area contributed by atoms with Gasteiger partial charge < -0.3 is 19.6 Å². The van der Waals surface area contributed by atoms with Crippen molar-refractivity contribution in [3.05, 3.63) is 29.6 Å². The number of carbonyl (C=O) groups is 2. The van der Waals surface area contributed by atoms with Crippen molar-refractivity contribution in [3.63, 3.8) is 0 Å². The van der Waals surface area contributed by atoms with E-state index in [1.807, 2.05) is 13.0 Å². The zero-order chi connectivity index (χ0) is 23.4. The van der Waals surface area contributed by atoms with Gasteiger partial charge in [-0.1, -0.05) is 6.92 Å². The van der Waals surface area contributed by atoms with Crippen LogP contribution in [0.15, 0.2) is 18.2 Å². The molecule has 2 heterocycles. The van der Waals surface area contributed by atoms with Gasteiger partial charge in [0.05, 0.1) is 24.7 Å².